The summed E-state index contributed by atoms with van der Waals surface area (Å²) in [4.78, 5) is 37.1. The SMILES string of the molecule is CC(=O)N(CCc1noc(C(C)C)n1)C1CCN(C(=O)c2ccnc(C)c2)C1. The highest BCUT2D eigenvalue weighted by Crippen LogP contribution is 2.19. The molecule has 150 valence electrons. The van der Waals surface area contributed by atoms with E-state index in [-0.39, 0.29) is 23.8 Å². The minimum absolute atomic E-state index is 0.000791. The van der Waals surface area contributed by atoms with Crippen LogP contribution in [0.5, 0.6) is 0 Å². The standard InChI is InChI=1S/C20H27N5O3/c1-13(2)19-22-18(23-28-19)7-10-25(15(4)26)17-6-9-24(12-17)20(27)16-5-8-21-14(3)11-16/h5,8,11,13,17H,6-7,9-10,12H2,1-4H3. The fraction of sp³-hybridized carbons (Fsp3) is 0.550. The van der Waals surface area contributed by atoms with Crippen LogP contribution >= 0.6 is 0 Å². The summed E-state index contributed by atoms with van der Waals surface area (Å²) >= 11 is 0. The van der Waals surface area contributed by atoms with E-state index in [0.29, 0.717) is 43.3 Å². The Morgan fingerprint density at radius 2 is 2.18 bits per heavy atom. The first-order chi connectivity index (χ1) is 13.3. The van der Waals surface area contributed by atoms with Crippen molar-refractivity contribution in [3.05, 3.63) is 41.3 Å². The molecule has 2 amide bonds. The molecule has 3 heterocycles. The van der Waals surface area contributed by atoms with Crippen LogP contribution in [-0.4, -0.2) is 62.4 Å². The Bertz CT molecular complexity index is 848. The predicted molar refractivity (Wildman–Crippen MR) is 103 cm³/mol. The van der Waals surface area contributed by atoms with Crippen molar-refractivity contribution in [3.8, 4) is 0 Å². The molecule has 0 saturated carbocycles. The second-order valence-electron chi connectivity index (χ2n) is 7.55. The molecule has 0 aromatic carbocycles. The molecule has 8 nitrogen and oxygen atoms in total. The van der Waals surface area contributed by atoms with Gasteiger partial charge in [0, 0.05) is 56.4 Å². The summed E-state index contributed by atoms with van der Waals surface area (Å²) < 4.78 is 5.23. The molecule has 0 aliphatic carbocycles. The van der Waals surface area contributed by atoms with Gasteiger partial charge in [-0.15, -0.1) is 0 Å². The Morgan fingerprint density at radius 3 is 2.82 bits per heavy atom. The minimum atomic E-state index is -0.0174. The molecule has 2 aromatic rings. The molecule has 8 heteroatoms. The van der Waals surface area contributed by atoms with Gasteiger partial charge in [-0.1, -0.05) is 19.0 Å². The molecular weight excluding hydrogens is 358 g/mol. The van der Waals surface area contributed by atoms with E-state index in [1.165, 1.54) is 0 Å². The summed E-state index contributed by atoms with van der Waals surface area (Å²) in [5.74, 6) is 1.36. The quantitative estimate of drug-likeness (QED) is 0.757. The van der Waals surface area contributed by atoms with Crippen molar-refractivity contribution in [3.63, 3.8) is 0 Å². The van der Waals surface area contributed by atoms with Crippen LogP contribution in [0.3, 0.4) is 0 Å². The first kappa shape index (κ1) is 20.0. The molecule has 1 unspecified atom stereocenters. The van der Waals surface area contributed by atoms with Gasteiger partial charge >= 0.3 is 0 Å². The Morgan fingerprint density at radius 1 is 1.39 bits per heavy atom. The van der Waals surface area contributed by atoms with E-state index in [9.17, 15) is 9.59 Å². The molecule has 0 N–H and O–H groups in total. The van der Waals surface area contributed by atoms with Gasteiger partial charge in [0.05, 0.1) is 6.04 Å². The lowest BCUT2D eigenvalue weighted by molar-refractivity contribution is -0.130. The zero-order valence-corrected chi connectivity index (χ0v) is 16.9. The highest BCUT2D eigenvalue weighted by Gasteiger charge is 2.32. The maximum atomic E-state index is 12.7. The molecule has 1 aliphatic rings. The maximum Gasteiger partial charge on any atom is 0.254 e. The number of hydrogen-bond donors (Lipinski definition) is 0. The third-order valence-corrected chi connectivity index (χ3v) is 4.99. The monoisotopic (exact) mass is 385 g/mol. The first-order valence-corrected chi connectivity index (χ1v) is 9.66. The van der Waals surface area contributed by atoms with Crippen molar-refractivity contribution >= 4 is 11.8 Å². The number of nitrogens with zero attached hydrogens (tertiary/aromatic N) is 5. The first-order valence-electron chi connectivity index (χ1n) is 9.66. The fourth-order valence-corrected chi connectivity index (χ4v) is 3.46. The molecule has 2 aromatic heterocycles. The van der Waals surface area contributed by atoms with Crippen molar-refractivity contribution < 1.29 is 14.1 Å². The molecule has 1 saturated heterocycles. The van der Waals surface area contributed by atoms with Crippen molar-refractivity contribution in [2.24, 2.45) is 0 Å². The van der Waals surface area contributed by atoms with E-state index in [4.69, 9.17) is 4.52 Å². The highest BCUT2D eigenvalue weighted by atomic mass is 16.5. The summed E-state index contributed by atoms with van der Waals surface area (Å²) in [5, 5.41) is 3.99. The van der Waals surface area contributed by atoms with Gasteiger partial charge in [-0.2, -0.15) is 4.98 Å². The van der Waals surface area contributed by atoms with Gasteiger partial charge in [-0.25, -0.2) is 0 Å². The van der Waals surface area contributed by atoms with E-state index in [0.717, 1.165) is 12.1 Å². The Kier molecular flexibility index (Phi) is 6.06. The second-order valence-corrected chi connectivity index (χ2v) is 7.55. The molecule has 3 rings (SSSR count). The van der Waals surface area contributed by atoms with Crippen molar-refractivity contribution in [1.82, 2.24) is 24.9 Å². The number of pyridine rings is 1. The van der Waals surface area contributed by atoms with Crippen LogP contribution in [0.15, 0.2) is 22.9 Å². The number of hydrogen-bond acceptors (Lipinski definition) is 6. The zero-order valence-electron chi connectivity index (χ0n) is 16.9. The molecule has 1 atom stereocenters. The molecule has 0 spiro atoms. The average Bonchev–Trinajstić information content (AvgIpc) is 3.31. The number of likely N-dealkylation sites (tertiary alicyclic amines) is 1. The van der Waals surface area contributed by atoms with Crippen LogP contribution in [0.25, 0.3) is 0 Å². The van der Waals surface area contributed by atoms with Gasteiger partial charge in [0.2, 0.25) is 11.8 Å². The van der Waals surface area contributed by atoms with Gasteiger partial charge in [-0.05, 0) is 25.5 Å². The van der Waals surface area contributed by atoms with Crippen LogP contribution in [0.1, 0.15) is 60.9 Å². The largest absolute Gasteiger partial charge is 0.339 e. The normalized spacial score (nSPS) is 16.6. The van der Waals surface area contributed by atoms with E-state index in [1.807, 2.05) is 25.7 Å². The second kappa shape index (κ2) is 8.50. The molecule has 0 bridgehead atoms. The number of carbonyl (C=O) groups is 2. The third kappa shape index (κ3) is 4.55. The molecular formula is C20H27N5O3. The van der Waals surface area contributed by atoms with E-state index < -0.39 is 0 Å². The van der Waals surface area contributed by atoms with Gasteiger partial charge in [0.15, 0.2) is 5.82 Å². The lowest BCUT2D eigenvalue weighted by atomic mass is 10.2. The number of amides is 2. The zero-order chi connectivity index (χ0) is 20.3. The maximum absolute atomic E-state index is 12.7. The number of aromatic nitrogens is 3. The Labute approximate surface area is 164 Å². The van der Waals surface area contributed by atoms with Gasteiger partial charge < -0.3 is 14.3 Å². The summed E-state index contributed by atoms with van der Waals surface area (Å²) in [6.45, 7) is 9.09. The summed E-state index contributed by atoms with van der Waals surface area (Å²) in [6, 6.07) is 3.52. The van der Waals surface area contributed by atoms with Crippen LogP contribution in [-0.2, 0) is 11.2 Å². The highest BCUT2D eigenvalue weighted by molar-refractivity contribution is 5.94. The lowest BCUT2D eigenvalue weighted by Crippen LogP contribution is -2.42. The lowest BCUT2D eigenvalue weighted by Gasteiger charge is -2.27. The Balaban J connectivity index is 1.61. The van der Waals surface area contributed by atoms with E-state index >= 15 is 0 Å². The average molecular weight is 385 g/mol. The van der Waals surface area contributed by atoms with Crippen LogP contribution in [0.2, 0.25) is 0 Å². The minimum Gasteiger partial charge on any atom is -0.339 e. The van der Waals surface area contributed by atoms with Crippen LogP contribution < -0.4 is 0 Å². The number of rotatable bonds is 6. The molecule has 1 aliphatic heterocycles. The van der Waals surface area contributed by atoms with Gasteiger partial charge in [0.1, 0.15) is 0 Å². The molecule has 0 radical (unpaired) electrons. The third-order valence-electron chi connectivity index (χ3n) is 4.99. The molecule has 1 fully saturated rings. The predicted octanol–water partition coefficient (Wildman–Crippen LogP) is 2.20. The summed E-state index contributed by atoms with van der Waals surface area (Å²) in [7, 11) is 0. The smallest absolute Gasteiger partial charge is 0.254 e. The van der Waals surface area contributed by atoms with Crippen molar-refractivity contribution in [1.29, 1.82) is 0 Å². The van der Waals surface area contributed by atoms with Gasteiger partial charge in [-0.3, -0.25) is 14.6 Å². The van der Waals surface area contributed by atoms with Crippen LogP contribution in [0, 0.1) is 6.92 Å². The Hall–Kier alpha value is -2.77. The molecule has 28 heavy (non-hydrogen) atoms. The fourth-order valence-electron chi connectivity index (χ4n) is 3.46. The van der Waals surface area contributed by atoms with Crippen LogP contribution in [0.4, 0.5) is 0 Å². The van der Waals surface area contributed by atoms with Crippen molar-refractivity contribution in [2.75, 3.05) is 19.6 Å². The number of aryl methyl sites for hydroxylation is 1. The number of carbonyl (C=O) groups excluding carboxylic acids is 2. The topological polar surface area (TPSA) is 92.4 Å². The van der Waals surface area contributed by atoms with E-state index in [1.54, 1.807) is 30.2 Å². The summed E-state index contributed by atoms with van der Waals surface area (Å²) in [6.07, 6.45) is 2.94. The van der Waals surface area contributed by atoms with Gasteiger partial charge in [0.25, 0.3) is 5.91 Å². The summed E-state index contributed by atoms with van der Waals surface area (Å²) in [5.41, 5.74) is 1.45. The van der Waals surface area contributed by atoms with Crippen molar-refractivity contribution in [2.45, 2.75) is 52.5 Å². The van der Waals surface area contributed by atoms with E-state index in [2.05, 4.69) is 15.1 Å².